The van der Waals surface area contributed by atoms with E-state index in [1.165, 1.54) is 29.2 Å². The van der Waals surface area contributed by atoms with Crippen LogP contribution in [0.4, 0.5) is 4.79 Å². The van der Waals surface area contributed by atoms with Gasteiger partial charge in [0.2, 0.25) is 5.91 Å². The number of carbonyl (C=O) groups excluding carboxylic acids is 2. The molecule has 1 saturated heterocycles. The van der Waals surface area contributed by atoms with Gasteiger partial charge < -0.3 is 26.2 Å². The first-order valence-corrected chi connectivity index (χ1v) is 6.78. The topological polar surface area (TPSA) is 133 Å². The molecule has 1 aromatic rings. The number of nitrogens with zero attached hydrogens (tertiary/aromatic N) is 1. The van der Waals surface area contributed by atoms with Crippen LogP contribution in [0.15, 0.2) is 24.3 Å². The third-order valence-corrected chi connectivity index (χ3v) is 3.61. The number of phenols is 1. The Bertz CT molecular complexity index is 587. The number of hydrogen-bond acceptors (Lipinski definition) is 4. The third-order valence-electron chi connectivity index (χ3n) is 3.61. The summed E-state index contributed by atoms with van der Waals surface area (Å²) in [5.41, 5.74) is 5.66. The van der Waals surface area contributed by atoms with Gasteiger partial charge in [0.15, 0.2) is 0 Å². The van der Waals surface area contributed by atoms with Gasteiger partial charge in [0.1, 0.15) is 17.8 Å². The average Bonchev–Trinajstić information content (AvgIpc) is 2.94. The number of benzene rings is 1. The molecule has 0 aliphatic carbocycles. The maximum atomic E-state index is 12.6. The fraction of sp³-hybridized carbons (Fsp3) is 0.357. The van der Waals surface area contributed by atoms with Gasteiger partial charge in [-0.1, -0.05) is 12.1 Å². The highest BCUT2D eigenvalue weighted by atomic mass is 16.4. The number of phenolic OH excluding ortho intramolecular Hbond substituents is 1. The smallest absolute Gasteiger partial charge is 0.405 e. The van der Waals surface area contributed by atoms with Crippen LogP contribution in [0.25, 0.3) is 0 Å². The summed E-state index contributed by atoms with van der Waals surface area (Å²) in [6.45, 7) is 0.350. The van der Waals surface area contributed by atoms with E-state index in [1.807, 2.05) is 0 Å². The highest BCUT2D eigenvalue weighted by molar-refractivity contribution is 5.91. The molecule has 0 radical (unpaired) electrons. The van der Waals surface area contributed by atoms with Crippen molar-refractivity contribution in [2.45, 2.75) is 24.9 Å². The standard InChI is InChI=1S/C14H17N3O5/c15-12(19)10-2-1-7-17(10)13(20)11(16-14(21)22)8-3-5-9(18)6-4-8/h3-6,10-11,16,18H,1-2,7H2,(H2,15,19)(H,21,22)/t10-,11?/m0/s1. The quantitative estimate of drug-likeness (QED) is 0.629. The van der Waals surface area contributed by atoms with Gasteiger partial charge >= 0.3 is 6.09 Å². The van der Waals surface area contributed by atoms with Gasteiger partial charge in [0.25, 0.3) is 5.91 Å². The van der Waals surface area contributed by atoms with Gasteiger partial charge in [-0.25, -0.2) is 4.79 Å². The number of rotatable bonds is 4. The SMILES string of the molecule is NC(=O)[C@@H]1CCCN1C(=O)C(NC(=O)O)c1ccc(O)cc1. The fourth-order valence-corrected chi connectivity index (χ4v) is 2.57. The molecule has 118 valence electrons. The molecule has 1 aliphatic heterocycles. The van der Waals surface area contributed by atoms with Crippen molar-refractivity contribution >= 4 is 17.9 Å². The van der Waals surface area contributed by atoms with Crippen molar-refractivity contribution in [3.8, 4) is 5.75 Å². The van der Waals surface area contributed by atoms with Crippen LogP contribution < -0.4 is 11.1 Å². The van der Waals surface area contributed by atoms with Gasteiger partial charge in [0.05, 0.1) is 0 Å². The lowest BCUT2D eigenvalue weighted by atomic mass is 10.0. The molecule has 22 heavy (non-hydrogen) atoms. The van der Waals surface area contributed by atoms with Crippen molar-refractivity contribution in [3.05, 3.63) is 29.8 Å². The molecule has 1 aliphatic rings. The second-order valence-corrected chi connectivity index (χ2v) is 5.07. The molecule has 2 rings (SSSR count). The van der Waals surface area contributed by atoms with Gasteiger partial charge in [-0.05, 0) is 30.5 Å². The van der Waals surface area contributed by atoms with E-state index in [9.17, 15) is 19.5 Å². The molecule has 8 nitrogen and oxygen atoms in total. The van der Waals surface area contributed by atoms with Crippen LogP contribution in [0.1, 0.15) is 24.4 Å². The first kappa shape index (κ1) is 15.6. The molecule has 1 aromatic carbocycles. The maximum Gasteiger partial charge on any atom is 0.405 e. The van der Waals surface area contributed by atoms with E-state index in [0.717, 1.165) is 0 Å². The molecule has 3 amide bonds. The third kappa shape index (κ3) is 3.27. The molecule has 1 heterocycles. The predicted octanol–water partition coefficient (Wildman–Crippen LogP) is 0.177. The summed E-state index contributed by atoms with van der Waals surface area (Å²) in [6, 6.07) is 3.73. The Morgan fingerprint density at radius 1 is 1.27 bits per heavy atom. The second-order valence-electron chi connectivity index (χ2n) is 5.07. The number of hydrogen-bond donors (Lipinski definition) is 4. The number of primary amides is 1. The van der Waals surface area contributed by atoms with E-state index in [2.05, 4.69) is 5.32 Å². The summed E-state index contributed by atoms with van der Waals surface area (Å²) in [5, 5.41) is 20.4. The van der Waals surface area contributed by atoms with Crippen molar-refractivity contribution in [3.63, 3.8) is 0 Å². The van der Waals surface area contributed by atoms with E-state index in [-0.39, 0.29) is 5.75 Å². The van der Waals surface area contributed by atoms with Crippen molar-refractivity contribution in [1.82, 2.24) is 10.2 Å². The predicted molar refractivity (Wildman–Crippen MR) is 75.9 cm³/mol. The second kappa shape index (κ2) is 6.33. The maximum absolute atomic E-state index is 12.6. The zero-order valence-corrected chi connectivity index (χ0v) is 11.7. The molecule has 1 fully saturated rings. The first-order chi connectivity index (χ1) is 10.4. The highest BCUT2D eigenvalue weighted by Gasteiger charge is 2.37. The lowest BCUT2D eigenvalue weighted by molar-refractivity contribution is -0.139. The summed E-state index contributed by atoms with van der Waals surface area (Å²) in [7, 11) is 0. The Hall–Kier alpha value is -2.77. The summed E-state index contributed by atoms with van der Waals surface area (Å²) in [4.78, 5) is 36.3. The minimum atomic E-state index is -1.36. The van der Waals surface area contributed by atoms with Crippen LogP contribution in [-0.2, 0) is 9.59 Å². The van der Waals surface area contributed by atoms with Crippen LogP contribution in [0.2, 0.25) is 0 Å². The molecule has 1 unspecified atom stereocenters. The minimum Gasteiger partial charge on any atom is -0.508 e. The molecule has 5 N–H and O–H groups in total. The van der Waals surface area contributed by atoms with Gasteiger partial charge in [-0.2, -0.15) is 0 Å². The first-order valence-electron chi connectivity index (χ1n) is 6.78. The van der Waals surface area contributed by atoms with Crippen LogP contribution >= 0.6 is 0 Å². The molecule has 0 saturated carbocycles. The van der Waals surface area contributed by atoms with Crippen LogP contribution in [0.5, 0.6) is 5.75 Å². The van der Waals surface area contributed by atoms with Crippen LogP contribution in [-0.4, -0.2) is 45.6 Å². The molecule has 2 atom stereocenters. The number of aromatic hydroxyl groups is 1. The van der Waals surface area contributed by atoms with E-state index in [4.69, 9.17) is 10.8 Å². The number of carboxylic acid groups (broad SMARTS) is 1. The molecular weight excluding hydrogens is 290 g/mol. The number of amides is 3. The largest absolute Gasteiger partial charge is 0.508 e. The van der Waals surface area contributed by atoms with Crippen LogP contribution in [0.3, 0.4) is 0 Å². The number of nitrogens with two attached hydrogens (primary N) is 1. The summed E-state index contributed by atoms with van der Waals surface area (Å²) in [5.74, 6) is -1.14. The van der Waals surface area contributed by atoms with Gasteiger partial charge in [-0.3, -0.25) is 9.59 Å². The Balaban J connectivity index is 2.28. The van der Waals surface area contributed by atoms with E-state index in [1.54, 1.807) is 0 Å². The lowest BCUT2D eigenvalue weighted by Gasteiger charge is -2.27. The Morgan fingerprint density at radius 3 is 2.45 bits per heavy atom. The normalized spacial score (nSPS) is 18.7. The van der Waals surface area contributed by atoms with Gasteiger partial charge in [-0.15, -0.1) is 0 Å². The summed E-state index contributed by atoms with van der Waals surface area (Å²) >= 11 is 0. The van der Waals surface area contributed by atoms with Crippen molar-refractivity contribution in [2.24, 2.45) is 5.73 Å². The highest BCUT2D eigenvalue weighted by Crippen LogP contribution is 2.24. The Kier molecular flexibility index (Phi) is 4.50. The van der Waals surface area contributed by atoms with Crippen molar-refractivity contribution < 1.29 is 24.6 Å². The minimum absolute atomic E-state index is 0.00135. The zero-order valence-electron chi connectivity index (χ0n) is 11.7. The van der Waals surface area contributed by atoms with Gasteiger partial charge in [0, 0.05) is 6.54 Å². The molecule has 0 spiro atoms. The number of likely N-dealkylation sites (tertiary alicyclic amines) is 1. The molecular formula is C14H17N3O5. The van der Waals surface area contributed by atoms with Crippen LogP contribution in [0, 0.1) is 0 Å². The number of carbonyl (C=O) groups is 3. The molecule has 0 bridgehead atoms. The van der Waals surface area contributed by atoms with E-state index < -0.39 is 30.0 Å². The molecule has 0 aromatic heterocycles. The zero-order chi connectivity index (χ0) is 16.3. The number of nitrogens with one attached hydrogen (secondary N) is 1. The van der Waals surface area contributed by atoms with Crippen molar-refractivity contribution in [1.29, 1.82) is 0 Å². The Labute approximate surface area is 126 Å². The molecule has 8 heteroatoms. The van der Waals surface area contributed by atoms with E-state index >= 15 is 0 Å². The van der Waals surface area contributed by atoms with E-state index in [0.29, 0.717) is 24.9 Å². The average molecular weight is 307 g/mol. The summed E-state index contributed by atoms with van der Waals surface area (Å²) in [6.07, 6.45) is -0.258. The summed E-state index contributed by atoms with van der Waals surface area (Å²) < 4.78 is 0. The van der Waals surface area contributed by atoms with Crippen molar-refractivity contribution in [2.75, 3.05) is 6.54 Å². The fourth-order valence-electron chi connectivity index (χ4n) is 2.57. The lowest BCUT2D eigenvalue weighted by Crippen LogP contribution is -2.48. The Morgan fingerprint density at radius 2 is 1.91 bits per heavy atom. The monoisotopic (exact) mass is 307 g/mol.